The number of aromatic nitrogens is 2. The largest absolute Gasteiger partial charge is 0.345 e. The fourth-order valence-corrected chi connectivity index (χ4v) is 3.96. The average Bonchev–Trinajstić information content (AvgIpc) is 3.34. The minimum atomic E-state index is -0.275. The van der Waals surface area contributed by atoms with Gasteiger partial charge in [0.2, 0.25) is 0 Å². The second-order valence-electron chi connectivity index (χ2n) is 7.18. The molecule has 0 saturated carbocycles. The fourth-order valence-electron chi connectivity index (χ4n) is 3.96. The third-order valence-corrected chi connectivity index (χ3v) is 5.44. The summed E-state index contributed by atoms with van der Waals surface area (Å²) in [6.07, 6.45) is 3.69. The molecule has 1 aliphatic rings. The summed E-state index contributed by atoms with van der Waals surface area (Å²) >= 11 is 0. The number of imidazole rings is 1. The first-order valence-electron chi connectivity index (χ1n) is 9.29. The highest BCUT2D eigenvalue weighted by atomic mass is 35.5. The second kappa shape index (κ2) is 8.95. The normalized spacial score (nSPS) is 13.0. The molecule has 0 saturated heterocycles. The lowest BCUT2D eigenvalue weighted by atomic mass is 10.0. The average molecular weight is 430 g/mol. The van der Waals surface area contributed by atoms with Gasteiger partial charge in [0.25, 0.3) is 0 Å². The van der Waals surface area contributed by atoms with Crippen LogP contribution in [0.15, 0.2) is 67.0 Å². The minimum absolute atomic E-state index is 0. The standard InChI is InChI=1S/C23H20FN3.2ClH/c24-22-20(9-10-21-23(22)27-14-26-21)16-7-5-15(6-8-16)13-25-19-11-17-3-1-2-4-18(17)12-19;;/h1-10,14,19,25H,11-13H2,(H,26,27);2*1H. The lowest BCUT2D eigenvalue weighted by Crippen LogP contribution is -2.28. The first-order chi connectivity index (χ1) is 13.3. The Balaban J connectivity index is 0.00000120. The Morgan fingerprint density at radius 2 is 1.62 bits per heavy atom. The van der Waals surface area contributed by atoms with Gasteiger partial charge in [-0.15, -0.1) is 24.8 Å². The predicted octanol–water partition coefficient (Wildman–Crippen LogP) is 5.47. The number of nitrogens with one attached hydrogen (secondary N) is 2. The molecular formula is C23H22Cl2FN3. The van der Waals surface area contributed by atoms with Crippen molar-refractivity contribution in [1.82, 2.24) is 15.3 Å². The van der Waals surface area contributed by atoms with Gasteiger partial charge in [-0.3, -0.25) is 0 Å². The Bertz CT molecular complexity index is 1080. The number of aromatic amines is 1. The van der Waals surface area contributed by atoms with Gasteiger partial charge < -0.3 is 10.3 Å². The van der Waals surface area contributed by atoms with Crippen LogP contribution in [-0.4, -0.2) is 16.0 Å². The Hall–Kier alpha value is -2.40. The summed E-state index contributed by atoms with van der Waals surface area (Å²) in [5, 5.41) is 3.65. The number of fused-ring (bicyclic) bond motifs is 2. The van der Waals surface area contributed by atoms with Crippen molar-refractivity contribution in [3.8, 4) is 11.1 Å². The van der Waals surface area contributed by atoms with Crippen LogP contribution in [0.5, 0.6) is 0 Å². The van der Waals surface area contributed by atoms with Crippen LogP contribution in [0.4, 0.5) is 4.39 Å². The van der Waals surface area contributed by atoms with Crippen molar-refractivity contribution in [2.24, 2.45) is 0 Å². The van der Waals surface area contributed by atoms with Gasteiger partial charge in [-0.2, -0.15) is 0 Å². The summed E-state index contributed by atoms with van der Waals surface area (Å²) in [5.74, 6) is -0.275. The van der Waals surface area contributed by atoms with E-state index in [9.17, 15) is 4.39 Å². The zero-order valence-corrected chi connectivity index (χ0v) is 17.3. The smallest absolute Gasteiger partial charge is 0.158 e. The molecular weight excluding hydrogens is 408 g/mol. The number of benzene rings is 3. The van der Waals surface area contributed by atoms with Gasteiger partial charge in [-0.05, 0) is 47.2 Å². The van der Waals surface area contributed by atoms with E-state index >= 15 is 0 Å². The molecule has 3 aromatic carbocycles. The van der Waals surface area contributed by atoms with E-state index < -0.39 is 0 Å². The van der Waals surface area contributed by atoms with Crippen LogP contribution >= 0.6 is 24.8 Å². The second-order valence-corrected chi connectivity index (χ2v) is 7.18. The quantitative estimate of drug-likeness (QED) is 0.451. The van der Waals surface area contributed by atoms with Crippen LogP contribution < -0.4 is 5.32 Å². The monoisotopic (exact) mass is 429 g/mol. The molecule has 0 atom stereocenters. The lowest BCUT2D eigenvalue weighted by Gasteiger charge is -2.12. The van der Waals surface area contributed by atoms with E-state index in [2.05, 4.69) is 51.7 Å². The summed E-state index contributed by atoms with van der Waals surface area (Å²) in [5.41, 5.74) is 6.67. The maximum atomic E-state index is 14.7. The number of hydrogen-bond acceptors (Lipinski definition) is 2. The molecule has 0 aliphatic heterocycles. The molecule has 0 spiro atoms. The minimum Gasteiger partial charge on any atom is -0.345 e. The van der Waals surface area contributed by atoms with Crippen molar-refractivity contribution in [3.63, 3.8) is 0 Å². The number of hydrogen-bond donors (Lipinski definition) is 2. The molecule has 5 rings (SSSR count). The number of rotatable bonds is 4. The van der Waals surface area contributed by atoms with E-state index in [0.717, 1.165) is 30.5 Å². The van der Waals surface area contributed by atoms with Crippen LogP contribution in [0.2, 0.25) is 0 Å². The van der Waals surface area contributed by atoms with E-state index in [0.29, 0.717) is 17.1 Å². The lowest BCUT2D eigenvalue weighted by molar-refractivity contribution is 0.533. The SMILES string of the molecule is Cl.Cl.Fc1c(-c2ccc(CNC3Cc4ccccc4C3)cc2)ccc2[nH]cnc12. The van der Waals surface area contributed by atoms with E-state index in [1.165, 1.54) is 23.0 Å². The topological polar surface area (TPSA) is 40.7 Å². The van der Waals surface area contributed by atoms with Gasteiger partial charge in [0, 0.05) is 18.2 Å². The number of halogens is 3. The molecule has 4 aromatic rings. The first-order valence-corrected chi connectivity index (χ1v) is 9.29. The third-order valence-electron chi connectivity index (χ3n) is 5.44. The highest BCUT2D eigenvalue weighted by Crippen LogP contribution is 2.28. The Kier molecular flexibility index (Phi) is 6.58. The summed E-state index contributed by atoms with van der Waals surface area (Å²) in [6.45, 7) is 0.819. The third kappa shape index (κ3) is 4.15. The molecule has 0 unspecified atom stereocenters. The van der Waals surface area contributed by atoms with Crippen molar-refractivity contribution < 1.29 is 4.39 Å². The van der Waals surface area contributed by atoms with Crippen LogP contribution in [0.3, 0.4) is 0 Å². The zero-order valence-electron chi connectivity index (χ0n) is 15.7. The molecule has 0 bridgehead atoms. The van der Waals surface area contributed by atoms with E-state index in [1.54, 1.807) is 6.07 Å². The van der Waals surface area contributed by atoms with Crippen molar-refractivity contribution in [1.29, 1.82) is 0 Å². The van der Waals surface area contributed by atoms with E-state index in [4.69, 9.17) is 0 Å². The molecule has 150 valence electrons. The highest BCUT2D eigenvalue weighted by Gasteiger charge is 2.20. The van der Waals surface area contributed by atoms with Crippen LogP contribution in [0.25, 0.3) is 22.2 Å². The molecule has 2 N–H and O–H groups in total. The first kappa shape index (κ1) is 21.3. The maximum Gasteiger partial charge on any atom is 0.158 e. The van der Waals surface area contributed by atoms with Crippen LogP contribution in [0.1, 0.15) is 16.7 Å². The van der Waals surface area contributed by atoms with E-state index in [-0.39, 0.29) is 30.6 Å². The molecule has 1 heterocycles. The molecule has 0 amide bonds. The molecule has 6 heteroatoms. The summed E-state index contributed by atoms with van der Waals surface area (Å²) in [7, 11) is 0. The van der Waals surface area contributed by atoms with Crippen molar-refractivity contribution in [2.45, 2.75) is 25.4 Å². The van der Waals surface area contributed by atoms with Gasteiger partial charge in [0.05, 0.1) is 11.8 Å². The highest BCUT2D eigenvalue weighted by molar-refractivity contribution is 5.85. The number of nitrogens with zero attached hydrogens (tertiary/aromatic N) is 1. The van der Waals surface area contributed by atoms with Gasteiger partial charge in [0.1, 0.15) is 5.52 Å². The Morgan fingerprint density at radius 1 is 0.931 bits per heavy atom. The number of H-pyrrole nitrogens is 1. The van der Waals surface area contributed by atoms with Crippen molar-refractivity contribution in [2.75, 3.05) is 0 Å². The molecule has 0 radical (unpaired) electrons. The van der Waals surface area contributed by atoms with Crippen LogP contribution in [0, 0.1) is 5.82 Å². The fraction of sp³-hybridized carbons (Fsp3) is 0.174. The molecule has 0 fully saturated rings. The summed E-state index contributed by atoms with van der Waals surface area (Å²) in [4.78, 5) is 7.01. The van der Waals surface area contributed by atoms with Gasteiger partial charge in [0.15, 0.2) is 5.82 Å². The Morgan fingerprint density at radius 3 is 2.31 bits per heavy atom. The molecule has 1 aromatic heterocycles. The van der Waals surface area contributed by atoms with Crippen molar-refractivity contribution >= 4 is 35.8 Å². The molecule has 3 nitrogen and oxygen atoms in total. The predicted molar refractivity (Wildman–Crippen MR) is 120 cm³/mol. The van der Waals surface area contributed by atoms with Gasteiger partial charge >= 0.3 is 0 Å². The van der Waals surface area contributed by atoms with Gasteiger partial charge in [-0.1, -0.05) is 48.5 Å². The summed E-state index contributed by atoms with van der Waals surface area (Å²) < 4.78 is 14.7. The Labute approximate surface area is 181 Å². The molecule has 1 aliphatic carbocycles. The van der Waals surface area contributed by atoms with Gasteiger partial charge in [-0.25, -0.2) is 9.37 Å². The summed E-state index contributed by atoms with van der Waals surface area (Å²) in [6, 6.07) is 20.9. The zero-order chi connectivity index (χ0) is 18.2. The maximum absolute atomic E-state index is 14.7. The molecule has 29 heavy (non-hydrogen) atoms. The van der Waals surface area contributed by atoms with Crippen LogP contribution in [-0.2, 0) is 19.4 Å². The van der Waals surface area contributed by atoms with Crippen molar-refractivity contribution in [3.05, 3.63) is 89.5 Å². The van der Waals surface area contributed by atoms with E-state index in [1.807, 2.05) is 18.2 Å².